The lowest BCUT2D eigenvalue weighted by Crippen LogP contribution is -2.18. The maximum Gasteiger partial charge on any atom is 0.0132 e. The van der Waals surface area contributed by atoms with Crippen molar-refractivity contribution in [2.24, 2.45) is 5.92 Å². The molecule has 1 N–H and O–H groups in total. The summed E-state index contributed by atoms with van der Waals surface area (Å²) in [5.74, 6) is 1.99. The summed E-state index contributed by atoms with van der Waals surface area (Å²) in [6.07, 6.45) is 1.90. The molecule has 2 heteroatoms. The molecule has 0 aromatic carbocycles. The van der Waals surface area contributed by atoms with E-state index in [1.54, 1.807) is 0 Å². The van der Waals surface area contributed by atoms with E-state index in [4.69, 9.17) is 0 Å². The highest BCUT2D eigenvalue weighted by Gasteiger charge is 2.05. The Morgan fingerprint density at radius 3 is 2.58 bits per heavy atom. The second-order valence-electron chi connectivity index (χ2n) is 3.31. The van der Waals surface area contributed by atoms with Gasteiger partial charge in [0.15, 0.2) is 0 Å². The molecule has 0 aromatic heterocycles. The smallest absolute Gasteiger partial charge is 0.0132 e. The maximum atomic E-state index is 3.65. The summed E-state index contributed by atoms with van der Waals surface area (Å²) in [4.78, 5) is 0. The molecule has 0 saturated carbocycles. The lowest BCUT2D eigenvalue weighted by atomic mass is 10.2. The predicted molar refractivity (Wildman–Crippen MR) is 59.8 cm³/mol. The predicted octanol–water partition coefficient (Wildman–Crippen LogP) is 2.54. The molecule has 0 aliphatic carbocycles. The number of hydrogen-bond acceptors (Lipinski definition) is 2. The van der Waals surface area contributed by atoms with Crippen molar-refractivity contribution in [2.75, 3.05) is 18.8 Å². The standard InChI is InChI=1S/C10H21NS/c1-5-6-11-7-8-12-10(4)9(2)3/h5,9-11H,1,6-8H2,2-4H3. The van der Waals surface area contributed by atoms with Crippen LogP contribution in [0.15, 0.2) is 12.7 Å². The van der Waals surface area contributed by atoms with E-state index in [2.05, 4.69) is 32.7 Å². The molecular formula is C10H21NS. The number of thioether (sulfide) groups is 1. The van der Waals surface area contributed by atoms with Gasteiger partial charge in [-0.2, -0.15) is 11.8 Å². The van der Waals surface area contributed by atoms with Gasteiger partial charge in [-0.1, -0.05) is 26.8 Å². The third-order valence-electron chi connectivity index (χ3n) is 1.89. The summed E-state index contributed by atoms with van der Waals surface area (Å²) >= 11 is 2.04. The molecule has 0 bridgehead atoms. The van der Waals surface area contributed by atoms with Crippen molar-refractivity contribution >= 4 is 11.8 Å². The van der Waals surface area contributed by atoms with Crippen LogP contribution in [0.4, 0.5) is 0 Å². The molecule has 0 aromatic rings. The minimum Gasteiger partial charge on any atom is -0.312 e. The number of hydrogen-bond donors (Lipinski definition) is 1. The van der Waals surface area contributed by atoms with Crippen molar-refractivity contribution in [3.63, 3.8) is 0 Å². The maximum absolute atomic E-state index is 3.65. The van der Waals surface area contributed by atoms with E-state index in [1.165, 1.54) is 5.75 Å². The van der Waals surface area contributed by atoms with Crippen molar-refractivity contribution in [1.82, 2.24) is 5.32 Å². The molecule has 1 unspecified atom stereocenters. The molecule has 0 fully saturated rings. The molecule has 0 aliphatic rings. The van der Waals surface area contributed by atoms with E-state index < -0.39 is 0 Å². The molecule has 0 heterocycles. The van der Waals surface area contributed by atoms with Crippen molar-refractivity contribution in [3.05, 3.63) is 12.7 Å². The third-order valence-corrected chi connectivity index (χ3v) is 3.40. The Labute approximate surface area is 81.0 Å². The van der Waals surface area contributed by atoms with Crippen LogP contribution in [-0.2, 0) is 0 Å². The fourth-order valence-electron chi connectivity index (χ4n) is 0.714. The van der Waals surface area contributed by atoms with Gasteiger partial charge in [-0.3, -0.25) is 0 Å². The van der Waals surface area contributed by atoms with Gasteiger partial charge in [0.1, 0.15) is 0 Å². The van der Waals surface area contributed by atoms with Gasteiger partial charge in [0.25, 0.3) is 0 Å². The van der Waals surface area contributed by atoms with E-state index in [-0.39, 0.29) is 0 Å². The third kappa shape index (κ3) is 6.74. The summed E-state index contributed by atoms with van der Waals surface area (Å²) in [7, 11) is 0. The lowest BCUT2D eigenvalue weighted by Gasteiger charge is -2.14. The molecule has 0 rings (SSSR count). The Bertz CT molecular complexity index is 112. The van der Waals surface area contributed by atoms with E-state index in [0.717, 1.165) is 24.3 Å². The lowest BCUT2D eigenvalue weighted by molar-refractivity contribution is 0.641. The van der Waals surface area contributed by atoms with E-state index in [0.29, 0.717) is 0 Å². The van der Waals surface area contributed by atoms with Crippen LogP contribution in [0.5, 0.6) is 0 Å². The fraction of sp³-hybridized carbons (Fsp3) is 0.800. The summed E-state index contributed by atoms with van der Waals surface area (Å²) in [6.45, 7) is 12.5. The molecule has 0 amide bonds. The highest BCUT2D eigenvalue weighted by molar-refractivity contribution is 7.99. The van der Waals surface area contributed by atoms with Crippen LogP contribution in [0.1, 0.15) is 20.8 Å². The zero-order chi connectivity index (χ0) is 9.40. The van der Waals surface area contributed by atoms with Gasteiger partial charge < -0.3 is 5.32 Å². The summed E-state index contributed by atoms with van der Waals surface area (Å²) < 4.78 is 0. The Morgan fingerprint density at radius 2 is 2.08 bits per heavy atom. The van der Waals surface area contributed by atoms with Crippen molar-refractivity contribution in [3.8, 4) is 0 Å². The van der Waals surface area contributed by atoms with Gasteiger partial charge in [0.2, 0.25) is 0 Å². The topological polar surface area (TPSA) is 12.0 Å². The van der Waals surface area contributed by atoms with Crippen LogP contribution < -0.4 is 5.32 Å². The zero-order valence-electron chi connectivity index (χ0n) is 8.47. The Morgan fingerprint density at radius 1 is 1.42 bits per heavy atom. The Balaban J connectivity index is 3.13. The second kappa shape index (κ2) is 7.69. The van der Waals surface area contributed by atoms with Gasteiger partial charge in [0.05, 0.1) is 0 Å². The minimum atomic E-state index is 0.774. The normalized spacial score (nSPS) is 13.3. The van der Waals surface area contributed by atoms with Gasteiger partial charge >= 0.3 is 0 Å². The minimum absolute atomic E-state index is 0.774. The first-order valence-corrected chi connectivity index (χ1v) is 5.66. The van der Waals surface area contributed by atoms with E-state index in [1.807, 2.05) is 17.8 Å². The molecule has 0 saturated heterocycles. The Hall–Kier alpha value is 0.0500. The molecule has 72 valence electrons. The first-order chi connectivity index (χ1) is 5.68. The van der Waals surface area contributed by atoms with E-state index in [9.17, 15) is 0 Å². The first kappa shape index (κ1) is 12.0. The SMILES string of the molecule is C=CCNCCSC(C)C(C)C. The van der Waals surface area contributed by atoms with Gasteiger partial charge in [0, 0.05) is 24.1 Å². The second-order valence-corrected chi connectivity index (χ2v) is 4.80. The van der Waals surface area contributed by atoms with Crippen molar-refractivity contribution in [2.45, 2.75) is 26.0 Å². The molecular weight excluding hydrogens is 166 g/mol. The molecule has 12 heavy (non-hydrogen) atoms. The van der Waals surface area contributed by atoms with Gasteiger partial charge in [-0.15, -0.1) is 6.58 Å². The summed E-state index contributed by atoms with van der Waals surface area (Å²) in [5.41, 5.74) is 0. The largest absolute Gasteiger partial charge is 0.312 e. The van der Waals surface area contributed by atoms with Crippen LogP contribution in [-0.4, -0.2) is 24.1 Å². The van der Waals surface area contributed by atoms with Gasteiger partial charge in [-0.25, -0.2) is 0 Å². The average molecular weight is 187 g/mol. The highest BCUT2D eigenvalue weighted by atomic mass is 32.2. The van der Waals surface area contributed by atoms with Crippen LogP contribution >= 0.6 is 11.8 Å². The van der Waals surface area contributed by atoms with Crippen LogP contribution in [0, 0.1) is 5.92 Å². The number of nitrogens with one attached hydrogen (secondary N) is 1. The summed E-state index contributed by atoms with van der Waals surface area (Å²) in [6, 6.07) is 0. The van der Waals surface area contributed by atoms with Crippen LogP contribution in [0.3, 0.4) is 0 Å². The van der Waals surface area contributed by atoms with Crippen molar-refractivity contribution < 1.29 is 0 Å². The van der Waals surface area contributed by atoms with Crippen LogP contribution in [0.2, 0.25) is 0 Å². The zero-order valence-corrected chi connectivity index (χ0v) is 9.29. The molecule has 0 spiro atoms. The number of rotatable bonds is 7. The molecule has 0 radical (unpaired) electrons. The highest BCUT2D eigenvalue weighted by Crippen LogP contribution is 2.17. The van der Waals surface area contributed by atoms with Gasteiger partial charge in [-0.05, 0) is 5.92 Å². The molecule has 1 atom stereocenters. The molecule has 0 aliphatic heterocycles. The monoisotopic (exact) mass is 187 g/mol. The average Bonchev–Trinajstić information content (AvgIpc) is 2.03. The fourth-order valence-corrected chi connectivity index (χ4v) is 1.73. The first-order valence-electron chi connectivity index (χ1n) is 4.61. The van der Waals surface area contributed by atoms with Crippen LogP contribution in [0.25, 0.3) is 0 Å². The summed E-state index contributed by atoms with van der Waals surface area (Å²) in [5, 5.41) is 4.06. The quantitative estimate of drug-likeness (QED) is 0.485. The van der Waals surface area contributed by atoms with Crippen molar-refractivity contribution in [1.29, 1.82) is 0 Å². The van der Waals surface area contributed by atoms with E-state index >= 15 is 0 Å². The molecule has 1 nitrogen and oxygen atoms in total. The Kier molecular flexibility index (Phi) is 7.72.